The molecule has 0 aliphatic heterocycles. The highest BCUT2D eigenvalue weighted by molar-refractivity contribution is 5.80. The average molecular weight is 314 g/mol. The first-order chi connectivity index (χ1) is 11.7. The van der Waals surface area contributed by atoms with E-state index >= 15 is 0 Å². The van der Waals surface area contributed by atoms with Crippen LogP contribution in [0.5, 0.6) is 0 Å². The van der Waals surface area contributed by atoms with Gasteiger partial charge >= 0.3 is 0 Å². The maximum Gasteiger partial charge on any atom is -0.0178 e. The molecule has 0 saturated heterocycles. The Kier molecular flexibility index (Phi) is 6.57. The number of rotatable bonds is 6. The van der Waals surface area contributed by atoms with E-state index in [0.717, 1.165) is 6.42 Å². The summed E-state index contributed by atoms with van der Waals surface area (Å²) in [6.45, 7) is 10.2. The Morgan fingerprint density at radius 3 is 1.96 bits per heavy atom. The Labute approximate surface area is 146 Å². The van der Waals surface area contributed by atoms with Gasteiger partial charge in [-0.1, -0.05) is 80.3 Å². The van der Waals surface area contributed by atoms with Gasteiger partial charge in [0.1, 0.15) is 0 Å². The maximum absolute atomic E-state index is 3.94. The first kappa shape index (κ1) is 17.7. The summed E-state index contributed by atoms with van der Waals surface area (Å²) in [7, 11) is 0. The second kappa shape index (κ2) is 8.88. The van der Waals surface area contributed by atoms with Crippen LogP contribution in [0.15, 0.2) is 85.5 Å². The first-order valence-corrected chi connectivity index (χ1v) is 8.56. The lowest BCUT2D eigenvalue weighted by atomic mass is 9.95. The average Bonchev–Trinajstić information content (AvgIpc) is 2.64. The Morgan fingerprint density at radius 1 is 0.917 bits per heavy atom. The van der Waals surface area contributed by atoms with E-state index in [2.05, 4.69) is 93.3 Å². The summed E-state index contributed by atoms with van der Waals surface area (Å²) in [6.07, 6.45) is 11.5. The van der Waals surface area contributed by atoms with E-state index in [-0.39, 0.29) is 0 Å². The summed E-state index contributed by atoms with van der Waals surface area (Å²) in [5.41, 5.74) is 7.36. The zero-order valence-electron chi connectivity index (χ0n) is 14.9. The van der Waals surface area contributed by atoms with Gasteiger partial charge in [0.25, 0.3) is 0 Å². The van der Waals surface area contributed by atoms with E-state index < -0.39 is 0 Å². The summed E-state index contributed by atoms with van der Waals surface area (Å²) < 4.78 is 0. The molecule has 0 fully saturated rings. The summed E-state index contributed by atoms with van der Waals surface area (Å²) in [4.78, 5) is 0. The van der Waals surface area contributed by atoms with Gasteiger partial charge in [-0.25, -0.2) is 0 Å². The fourth-order valence-electron chi connectivity index (χ4n) is 2.83. The summed E-state index contributed by atoms with van der Waals surface area (Å²) in [6, 6.07) is 17.4. The minimum absolute atomic E-state index is 1.01. The van der Waals surface area contributed by atoms with Gasteiger partial charge in [0.15, 0.2) is 0 Å². The molecule has 122 valence electrons. The van der Waals surface area contributed by atoms with E-state index in [4.69, 9.17) is 0 Å². The van der Waals surface area contributed by atoms with Crippen LogP contribution in [0.1, 0.15) is 38.3 Å². The van der Waals surface area contributed by atoms with E-state index in [1.54, 1.807) is 0 Å². The van der Waals surface area contributed by atoms with Crippen molar-refractivity contribution in [2.24, 2.45) is 0 Å². The van der Waals surface area contributed by atoms with Gasteiger partial charge < -0.3 is 0 Å². The minimum atomic E-state index is 1.01. The van der Waals surface area contributed by atoms with Gasteiger partial charge in [0.05, 0.1) is 0 Å². The van der Waals surface area contributed by atoms with Gasteiger partial charge in [-0.3, -0.25) is 0 Å². The monoisotopic (exact) mass is 314 g/mol. The van der Waals surface area contributed by atoms with Gasteiger partial charge in [-0.05, 0) is 65.8 Å². The summed E-state index contributed by atoms with van der Waals surface area (Å²) in [5.74, 6) is 0. The van der Waals surface area contributed by atoms with E-state index in [1.807, 2.05) is 13.0 Å². The second-order valence-electron chi connectivity index (χ2n) is 5.68. The Balaban J connectivity index is 2.46. The summed E-state index contributed by atoms with van der Waals surface area (Å²) >= 11 is 0. The molecule has 0 amide bonds. The molecule has 0 aliphatic rings. The molecule has 2 rings (SSSR count). The molecule has 0 heteroatoms. The highest BCUT2D eigenvalue weighted by atomic mass is 14.1. The van der Waals surface area contributed by atoms with Crippen molar-refractivity contribution >= 4 is 11.1 Å². The Bertz CT molecular complexity index is 742. The molecular weight excluding hydrogens is 288 g/mol. The number of hydrogen-bond donors (Lipinski definition) is 0. The molecule has 24 heavy (non-hydrogen) atoms. The normalized spacial score (nSPS) is 12.6. The van der Waals surface area contributed by atoms with Crippen LogP contribution in [0.25, 0.3) is 22.3 Å². The SMILES string of the molecule is C=C/C(=C\CC)c1cccc(-c2cccc(C(/C=C\C)=C/C)c2)c1. The van der Waals surface area contributed by atoms with Crippen LogP contribution in [0.4, 0.5) is 0 Å². The molecule has 2 aromatic carbocycles. The Morgan fingerprint density at radius 2 is 1.50 bits per heavy atom. The van der Waals surface area contributed by atoms with Gasteiger partial charge in [-0.15, -0.1) is 0 Å². The third-order valence-electron chi connectivity index (χ3n) is 4.03. The van der Waals surface area contributed by atoms with Gasteiger partial charge in [0.2, 0.25) is 0 Å². The van der Waals surface area contributed by atoms with Crippen LogP contribution in [-0.4, -0.2) is 0 Å². The van der Waals surface area contributed by atoms with Crippen molar-refractivity contribution in [2.45, 2.75) is 27.2 Å². The molecule has 0 saturated carbocycles. The van der Waals surface area contributed by atoms with E-state index in [9.17, 15) is 0 Å². The molecule has 0 bridgehead atoms. The van der Waals surface area contributed by atoms with Gasteiger partial charge in [0, 0.05) is 0 Å². The topological polar surface area (TPSA) is 0 Å². The van der Waals surface area contributed by atoms with Gasteiger partial charge in [-0.2, -0.15) is 0 Å². The third-order valence-corrected chi connectivity index (χ3v) is 4.03. The minimum Gasteiger partial charge on any atom is -0.0985 e. The van der Waals surface area contributed by atoms with Crippen molar-refractivity contribution in [3.05, 3.63) is 96.6 Å². The maximum atomic E-state index is 3.94. The molecule has 0 aliphatic carbocycles. The molecule has 0 atom stereocenters. The Hall–Kier alpha value is -2.60. The molecule has 0 unspecified atom stereocenters. The molecule has 0 spiro atoms. The lowest BCUT2D eigenvalue weighted by Gasteiger charge is -2.09. The lowest BCUT2D eigenvalue weighted by molar-refractivity contribution is 1.23. The zero-order chi connectivity index (χ0) is 17.4. The number of allylic oxidation sites excluding steroid dienone is 7. The van der Waals surface area contributed by atoms with Crippen LogP contribution in [0.2, 0.25) is 0 Å². The zero-order valence-corrected chi connectivity index (χ0v) is 14.9. The fourth-order valence-corrected chi connectivity index (χ4v) is 2.83. The first-order valence-electron chi connectivity index (χ1n) is 8.56. The largest absolute Gasteiger partial charge is 0.0985 e. The van der Waals surface area contributed by atoms with E-state index in [1.165, 1.54) is 33.4 Å². The molecular formula is C24H26. The third kappa shape index (κ3) is 4.23. The fraction of sp³-hybridized carbons (Fsp3) is 0.167. The van der Waals surface area contributed by atoms with Crippen molar-refractivity contribution in [1.29, 1.82) is 0 Å². The number of benzene rings is 2. The van der Waals surface area contributed by atoms with Crippen molar-refractivity contribution in [1.82, 2.24) is 0 Å². The second-order valence-corrected chi connectivity index (χ2v) is 5.68. The standard InChI is InChI=1S/C24H26/c1-5-11-19(7-3)21-13-9-15-23(17-21)24-16-10-14-22(18-24)20(8-4)12-6-2/h6-18H,3,5H2,1-2,4H3/b12-6-,19-11+,20-8+. The van der Waals surface area contributed by atoms with Crippen LogP contribution in [0.3, 0.4) is 0 Å². The number of hydrogen-bond acceptors (Lipinski definition) is 0. The predicted octanol–water partition coefficient (Wildman–Crippen LogP) is 7.31. The van der Waals surface area contributed by atoms with Crippen molar-refractivity contribution in [3.8, 4) is 11.1 Å². The predicted molar refractivity (Wildman–Crippen MR) is 109 cm³/mol. The van der Waals surface area contributed by atoms with Crippen molar-refractivity contribution in [3.63, 3.8) is 0 Å². The smallest absolute Gasteiger partial charge is 0.0178 e. The molecule has 0 radical (unpaired) electrons. The van der Waals surface area contributed by atoms with Crippen LogP contribution >= 0.6 is 0 Å². The van der Waals surface area contributed by atoms with E-state index in [0.29, 0.717) is 0 Å². The molecule has 0 nitrogen and oxygen atoms in total. The highest BCUT2D eigenvalue weighted by Gasteiger charge is 2.04. The van der Waals surface area contributed by atoms with Crippen LogP contribution < -0.4 is 0 Å². The lowest BCUT2D eigenvalue weighted by Crippen LogP contribution is -1.86. The van der Waals surface area contributed by atoms with Crippen molar-refractivity contribution < 1.29 is 0 Å². The molecule has 0 heterocycles. The molecule has 0 aromatic heterocycles. The molecule has 2 aromatic rings. The van der Waals surface area contributed by atoms with Crippen LogP contribution in [0, 0.1) is 0 Å². The van der Waals surface area contributed by atoms with Crippen molar-refractivity contribution in [2.75, 3.05) is 0 Å². The quantitative estimate of drug-likeness (QED) is 0.490. The highest BCUT2D eigenvalue weighted by Crippen LogP contribution is 2.27. The van der Waals surface area contributed by atoms with Crippen LogP contribution in [-0.2, 0) is 0 Å². The summed E-state index contributed by atoms with van der Waals surface area (Å²) in [5, 5.41) is 0. The molecule has 0 N–H and O–H groups in total.